The number of carbonyl (C=O) groups is 2. The number of fused-ring (bicyclic) bond motifs is 1. The summed E-state index contributed by atoms with van der Waals surface area (Å²) in [5.74, 6) is -3.72. The smallest absolute Gasteiger partial charge is 0.475 e. The molecule has 0 radical (unpaired) electrons. The molecular formula is C26H25F4N5O5. The second-order valence-electron chi connectivity index (χ2n) is 8.72. The van der Waals surface area contributed by atoms with Crippen LogP contribution in [0.1, 0.15) is 53.0 Å². The van der Waals surface area contributed by atoms with Crippen LogP contribution in [0.3, 0.4) is 0 Å². The zero-order chi connectivity index (χ0) is 29.6. The summed E-state index contributed by atoms with van der Waals surface area (Å²) >= 11 is 0. The number of unbranched alkanes of at least 4 members (excludes halogenated alkanes) is 1. The first kappa shape index (κ1) is 29.8. The number of carbonyl (C=O) groups excluding carboxylic acids is 1. The second-order valence-corrected chi connectivity index (χ2v) is 8.72. The Morgan fingerprint density at radius 1 is 1.07 bits per heavy atom. The third-order valence-electron chi connectivity index (χ3n) is 5.94. The van der Waals surface area contributed by atoms with E-state index in [1.165, 1.54) is 10.6 Å². The number of nitrogens with one attached hydrogen (secondary N) is 2. The van der Waals surface area contributed by atoms with E-state index in [0.717, 1.165) is 18.4 Å². The number of hydrogen-bond donors (Lipinski definition) is 4. The number of nitrogens with zero attached hydrogens (tertiary/aromatic N) is 2. The van der Waals surface area contributed by atoms with Crippen molar-refractivity contribution in [2.24, 2.45) is 5.73 Å². The van der Waals surface area contributed by atoms with Gasteiger partial charge in [0.2, 0.25) is 5.91 Å². The molecule has 0 aliphatic rings. The van der Waals surface area contributed by atoms with E-state index in [4.69, 9.17) is 15.6 Å². The summed E-state index contributed by atoms with van der Waals surface area (Å²) in [5, 5.41) is 7.12. The van der Waals surface area contributed by atoms with Crippen molar-refractivity contribution in [1.29, 1.82) is 0 Å². The number of benzene rings is 2. The summed E-state index contributed by atoms with van der Waals surface area (Å²) in [7, 11) is 0. The SMILES string of the molecule is CCCCn1c(=O)[nH]c(=O)c2[nH]c(C(Cc3ccccc3F)c3ccc(C(N)=O)cc3)nc21.O=C(O)C(F)(F)F. The van der Waals surface area contributed by atoms with Crippen LogP contribution in [0.25, 0.3) is 11.2 Å². The summed E-state index contributed by atoms with van der Waals surface area (Å²) < 4.78 is 47.7. The molecule has 40 heavy (non-hydrogen) atoms. The van der Waals surface area contributed by atoms with Crippen molar-refractivity contribution in [3.63, 3.8) is 0 Å². The van der Waals surface area contributed by atoms with Crippen LogP contribution in [0, 0.1) is 5.82 Å². The first-order valence-electron chi connectivity index (χ1n) is 12.0. The number of aliphatic carboxylic acids is 1. The Kier molecular flexibility index (Phi) is 9.24. The zero-order valence-corrected chi connectivity index (χ0v) is 21.1. The van der Waals surface area contributed by atoms with Crippen LogP contribution in [0.15, 0.2) is 58.1 Å². The van der Waals surface area contributed by atoms with E-state index in [-0.39, 0.29) is 23.4 Å². The Hall–Kier alpha value is -4.75. The first-order chi connectivity index (χ1) is 18.8. The monoisotopic (exact) mass is 563 g/mol. The summed E-state index contributed by atoms with van der Waals surface area (Å²) in [4.78, 5) is 55.3. The van der Waals surface area contributed by atoms with Gasteiger partial charge < -0.3 is 15.8 Å². The van der Waals surface area contributed by atoms with Crippen molar-refractivity contribution in [3.8, 4) is 0 Å². The van der Waals surface area contributed by atoms with Gasteiger partial charge in [-0.25, -0.2) is 19.0 Å². The standard InChI is InChI=1S/C24H24FN5O3.C2HF3O2/c1-2-3-12-30-22-19(23(32)29-24(30)33)27-21(28-22)17(13-16-6-4-5-7-18(16)25)14-8-10-15(11-9-14)20(26)31;3-2(4,5)1(6)7/h4-11,17H,2-3,12-13H2,1H3,(H2,26,31)(H,27,28)(H,29,32,33);(H,6,7). The number of aryl methyl sites for hydroxylation is 1. The number of carboxylic acids is 1. The predicted octanol–water partition coefficient (Wildman–Crippen LogP) is 3.46. The zero-order valence-electron chi connectivity index (χ0n) is 21.1. The van der Waals surface area contributed by atoms with Crippen LogP contribution in [0.2, 0.25) is 0 Å². The van der Waals surface area contributed by atoms with Crippen molar-refractivity contribution >= 4 is 23.0 Å². The van der Waals surface area contributed by atoms with E-state index < -0.39 is 35.2 Å². The summed E-state index contributed by atoms with van der Waals surface area (Å²) in [5.41, 5.74) is 6.30. The first-order valence-corrected chi connectivity index (χ1v) is 12.0. The van der Waals surface area contributed by atoms with E-state index in [2.05, 4.69) is 15.0 Å². The number of aromatic nitrogens is 4. The van der Waals surface area contributed by atoms with Crippen molar-refractivity contribution in [3.05, 3.63) is 97.7 Å². The molecule has 0 saturated heterocycles. The molecule has 2 aromatic carbocycles. The van der Waals surface area contributed by atoms with Crippen LogP contribution in [-0.4, -0.2) is 42.7 Å². The molecular weight excluding hydrogens is 538 g/mol. The lowest BCUT2D eigenvalue weighted by Crippen LogP contribution is -2.30. The lowest BCUT2D eigenvalue weighted by Gasteiger charge is -2.16. The Labute approximate surface area is 223 Å². The third-order valence-corrected chi connectivity index (χ3v) is 5.94. The number of H-pyrrole nitrogens is 2. The molecule has 2 aromatic heterocycles. The number of amides is 1. The Balaban J connectivity index is 0.000000559. The number of halogens is 4. The fourth-order valence-electron chi connectivity index (χ4n) is 3.88. The number of carboxylic acid groups (broad SMARTS) is 1. The number of primary amides is 1. The number of aromatic amines is 2. The molecule has 0 fully saturated rings. The number of alkyl halides is 3. The highest BCUT2D eigenvalue weighted by Crippen LogP contribution is 2.29. The van der Waals surface area contributed by atoms with Crippen molar-refractivity contribution < 1.29 is 32.3 Å². The highest BCUT2D eigenvalue weighted by molar-refractivity contribution is 5.92. The largest absolute Gasteiger partial charge is 0.490 e. The molecule has 0 saturated carbocycles. The van der Waals surface area contributed by atoms with E-state index in [0.29, 0.717) is 23.5 Å². The van der Waals surface area contributed by atoms with Gasteiger partial charge in [0.15, 0.2) is 5.65 Å². The van der Waals surface area contributed by atoms with Crippen LogP contribution in [0.5, 0.6) is 0 Å². The van der Waals surface area contributed by atoms with E-state index >= 15 is 0 Å². The maximum absolute atomic E-state index is 14.5. The molecule has 4 rings (SSSR count). The number of hydrogen-bond acceptors (Lipinski definition) is 5. The quantitative estimate of drug-likeness (QED) is 0.240. The van der Waals surface area contributed by atoms with Crippen LogP contribution >= 0.6 is 0 Å². The molecule has 14 heteroatoms. The summed E-state index contributed by atoms with van der Waals surface area (Å²) in [6.45, 7) is 2.42. The van der Waals surface area contributed by atoms with Gasteiger partial charge in [0, 0.05) is 18.0 Å². The topological polar surface area (TPSA) is 164 Å². The normalized spacial score (nSPS) is 12.0. The van der Waals surface area contributed by atoms with Gasteiger partial charge in [-0.05, 0) is 42.2 Å². The maximum atomic E-state index is 14.5. The highest BCUT2D eigenvalue weighted by atomic mass is 19.4. The number of imidazole rings is 1. The van der Waals surface area contributed by atoms with Gasteiger partial charge in [-0.3, -0.25) is 19.1 Å². The molecule has 0 bridgehead atoms. The van der Waals surface area contributed by atoms with Gasteiger partial charge in [-0.1, -0.05) is 43.7 Å². The summed E-state index contributed by atoms with van der Waals surface area (Å²) in [6, 6.07) is 13.1. The van der Waals surface area contributed by atoms with E-state index in [9.17, 15) is 31.9 Å². The second kappa shape index (κ2) is 12.4. The molecule has 5 N–H and O–H groups in total. The molecule has 0 spiro atoms. The molecule has 1 atom stereocenters. The molecule has 1 amide bonds. The Morgan fingerprint density at radius 2 is 1.70 bits per heavy atom. The Morgan fingerprint density at radius 3 is 2.25 bits per heavy atom. The highest BCUT2D eigenvalue weighted by Gasteiger charge is 2.38. The van der Waals surface area contributed by atoms with Gasteiger partial charge >= 0.3 is 17.8 Å². The molecule has 0 aliphatic carbocycles. The lowest BCUT2D eigenvalue weighted by atomic mass is 9.90. The average Bonchev–Trinajstić information content (AvgIpc) is 3.33. The fraction of sp³-hybridized carbons (Fsp3) is 0.269. The predicted molar refractivity (Wildman–Crippen MR) is 136 cm³/mol. The molecule has 4 aromatic rings. The van der Waals surface area contributed by atoms with E-state index in [1.807, 2.05) is 6.92 Å². The van der Waals surface area contributed by atoms with E-state index in [1.54, 1.807) is 42.5 Å². The average molecular weight is 564 g/mol. The minimum Gasteiger partial charge on any atom is -0.475 e. The molecule has 1 unspecified atom stereocenters. The van der Waals surface area contributed by atoms with Crippen molar-refractivity contribution in [2.45, 2.75) is 44.8 Å². The van der Waals surface area contributed by atoms with Gasteiger partial charge in [0.25, 0.3) is 5.56 Å². The van der Waals surface area contributed by atoms with Crippen LogP contribution in [-0.2, 0) is 17.8 Å². The third kappa shape index (κ3) is 7.01. The molecule has 212 valence electrons. The minimum absolute atomic E-state index is 0.188. The maximum Gasteiger partial charge on any atom is 0.490 e. The number of nitrogens with two attached hydrogens (primary N) is 1. The molecule has 10 nitrogen and oxygen atoms in total. The summed E-state index contributed by atoms with van der Waals surface area (Å²) in [6.07, 6.45) is -3.22. The van der Waals surface area contributed by atoms with Gasteiger partial charge in [-0.15, -0.1) is 0 Å². The number of rotatable bonds is 8. The van der Waals surface area contributed by atoms with Crippen molar-refractivity contribution in [1.82, 2.24) is 19.5 Å². The Bertz CT molecular complexity index is 1620. The van der Waals surface area contributed by atoms with Crippen molar-refractivity contribution in [2.75, 3.05) is 0 Å². The van der Waals surface area contributed by atoms with Crippen LogP contribution in [0.4, 0.5) is 17.6 Å². The van der Waals surface area contributed by atoms with Gasteiger partial charge in [-0.2, -0.15) is 13.2 Å². The molecule has 2 heterocycles. The lowest BCUT2D eigenvalue weighted by molar-refractivity contribution is -0.192. The molecule has 0 aliphatic heterocycles. The minimum atomic E-state index is -5.08. The van der Waals surface area contributed by atoms with Crippen LogP contribution < -0.4 is 17.0 Å². The van der Waals surface area contributed by atoms with Gasteiger partial charge in [0.05, 0.1) is 0 Å². The van der Waals surface area contributed by atoms with Gasteiger partial charge in [0.1, 0.15) is 17.2 Å². The fourth-order valence-corrected chi connectivity index (χ4v) is 3.88.